The van der Waals surface area contributed by atoms with Crippen LogP contribution in [0.2, 0.25) is 0 Å². The molecule has 0 aromatic rings. The van der Waals surface area contributed by atoms with E-state index in [1.54, 1.807) is 62.3 Å². The predicted octanol–water partition coefficient (Wildman–Crippen LogP) is 4.32. The van der Waals surface area contributed by atoms with Crippen molar-refractivity contribution in [1.29, 1.82) is 0 Å². The van der Waals surface area contributed by atoms with E-state index in [0.717, 1.165) is 0 Å². The summed E-state index contributed by atoms with van der Waals surface area (Å²) >= 11 is 0. The molecule has 276 valence electrons. The Morgan fingerprint density at radius 2 is 0.625 bits per heavy atom. The minimum absolute atomic E-state index is 0.432. The minimum Gasteiger partial charge on any atom is -0.450 e. The summed E-state index contributed by atoms with van der Waals surface area (Å²) in [6.07, 6.45) is -2.35. The molecule has 0 bridgehead atoms. The summed E-state index contributed by atoms with van der Waals surface area (Å²) in [6, 6.07) is -3.34. The van der Waals surface area contributed by atoms with E-state index in [4.69, 9.17) is 14.2 Å². The monoisotopic (exact) mass is 681 g/mol. The third-order valence-electron chi connectivity index (χ3n) is 9.86. The Balaban J connectivity index is 4.04. The zero-order valence-electron chi connectivity index (χ0n) is 32.1. The highest BCUT2D eigenvalue weighted by atomic mass is 16.6. The van der Waals surface area contributed by atoms with E-state index in [2.05, 4.69) is 0 Å². The number of carbonyl (C=O) groups is 6. The van der Waals surface area contributed by atoms with Crippen molar-refractivity contribution in [3.05, 3.63) is 0 Å². The van der Waals surface area contributed by atoms with Crippen molar-refractivity contribution in [3.63, 3.8) is 0 Å². The van der Waals surface area contributed by atoms with Crippen molar-refractivity contribution < 1.29 is 43.0 Å². The molecule has 1 aliphatic heterocycles. The Labute approximate surface area is 288 Å². The Kier molecular flexibility index (Phi) is 16.6. The van der Waals surface area contributed by atoms with Crippen LogP contribution in [0.25, 0.3) is 0 Å². The standard InChI is InChI=1S/C36H63N3O9/c1-16-22(10)28-31(40)37(13)26(20(6)7)35(44)47-30(24(12)18-3)33(42)39(15)27(21(8)9)36(45)48-29(23(11)17-2)32(41)38(14)25(19(4)5)34(43)46-28/h19-30H,16-18H2,1-15H3/t22-,23-,24?,25-,26-,27-,28+,29+,30+/m0/s1. The van der Waals surface area contributed by atoms with E-state index in [1.807, 2.05) is 20.8 Å². The second kappa shape index (κ2) is 18.5. The number of ether oxygens (including phenoxy) is 3. The van der Waals surface area contributed by atoms with Gasteiger partial charge in [-0.25, -0.2) is 14.4 Å². The van der Waals surface area contributed by atoms with Gasteiger partial charge in [-0.15, -0.1) is 0 Å². The van der Waals surface area contributed by atoms with E-state index < -0.39 is 108 Å². The lowest BCUT2D eigenvalue weighted by molar-refractivity contribution is -0.182. The number of nitrogens with zero attached hydrogens (tertiary/aromatic N) is 3. The van der Waals surface area contributed by atoms with Crippen LogP contribution >= 0.6 is 0 Å². The molecule has 1 heterocycles. The van der Waals surface area contributed by atoms with Gasteiger partial charge in [-0.3, -0.25) is 14.4 Å². The largest absolute Gasteiger partial charge is 0.450 e. The first-order valence-corrected chi connectivity index (χ1v) is 17.6. The van der Waals surface area contributed by atoms with Crippen LogP contribution in [0, 0.1) is 35.5 Å². The SMILES string of the molecule is CCC(C)[C@H]1OC(=O)[C@H](C(C)C)N(C)C(=O)[C@@H]([C@@H](C)CC)OC(=O)[C@H](C(C)C)N(C)C(=O)[C@@H]([C@@H](C)CC)OC(=O)[C@H](C(C)C)N(C)C1=O. The van der Waals surface area contributed by atoms with Crippen LogP contribution in [0.4, 0.5) is 0 Å². The van der Waals surface area contributed by atoms with E-state index in [0.29, 0.717) is 19.3 Å². The zero-order chi connectivity index (χ0) is 37.4. The van der Waals surface area contributed by atoms with E-state index in [-0.39, 0.29) is 0 Å². The van der Waals surface area contributed by atoms with Crippen molar-refractivity contribution in [2.75, 3.05) is 21.1 Å². The van der Waals surface area contributed by atoms with Gasteiger partial charge in [0.2, 0.25) is 0 Å². The Bertz CT molecular complexity index is 1000. The van der Waals surface area contributed by atoms with E-state index in [1.165, 1.54) is 35.8 Å². The summed E-state index contributed by atoms with van der Waals surface area (Å²) in [6.45, 7) is 21.4. The second-order valence-corrected chi connectivity index (χ2v) is 14.6. The first-order valence-electron chi connectivity index (χ1n) is 17.6. The topological polar surface area (TPSA) is 140 Å². The van der Waals surface area contributed by atoms with E-state index >= 15 is 0 Å². The molecule has 12 heteroatoms. The van der Waals surface area contributed by atoms with Crippen LogP contribution in [0.3, 0.4) is 0 Å². The molecular weight excluding hydrogens is 618 g/mol. The van der Waals surface area contributed by atoms with Crippen molar-refractivity contribution in [2.45, 2.75) is 139 Å². The highest BCUT2D eigenvalue weighted by molar-refractivity contribution is 5.94. The second-order valence-electron chi connectivity index (χ2n) is 14.6. The molecule has 9 atom stereocenters. The van der Waals surface area contributed by atoms with Crippen LogP contribution < -0.4 is 0 Å². The van der Waals surface area contributed by atoms with Crippen LogP contribution in [0.5, 0.6) is 0 Å². The summed E-state index contributed by atoms with van der Waals surface area (Å²) in [7, 11) is 4.37. The van der Waals surface area contributed by atoms with Gasteiger partial charge in [0.25, 0.3) is 17.7 Å². The molecule has 3 amide bonds. The number of esters is 3. The summed E-state index contributed by atoms with van der Waals surface area (Å²) in [5.74, 6) is -6.73. The lowest BCUT2D eigenvalue weighted by Crippen LogP contribution is -2.58. The number of hydrogen-bond acceptors (Lipinski definition) is 9. The first-order chi connectivity index (χ1) is 22.2. The molecule has 0 aliphatic carbocycles. The Hall–Kier alpha value is -3.18. The molecule has 12 nitrogen and oxygen atoms in total. The van der Waals surface area contributed by atoms with Crippen LogP contribution in [0.15, 0.2) is 0 Å². The average Bonchev–Trinajstić information content (AvgIpc) is 3.01. The van der Waals surface area contributed by atoms with Gasteiger partial charge in [-0.05, 0) is 37.0 Å². The molecule has 0 aromatic heterocycles. The smallest absolute Gasteiger partial charge is 0.329 e. The predicted molar refractivity (Wildman–Crippen MR) is 182 cm³/mol. The maximum absolute atomic E-state index is 14.1. The summed E-state index contributed by atoms with van der Waals surface area (Å²) in [4.78, 5) is 87.8. The summed E-state index contributed by atoms with van der Waals surface area (Å²) in [5.41, 5.74) is 0. The lowest BCUT2D eigenvalue weighted by Gasteiger charge is -2.39. The van der Waals surface area contributed by atoms with Crippen molar-refractivity contribution in [3.8, 4) is 0 Å². The Morgan fingerprint density at radius 1 is 0.438 bits per heavy atom. The fourth-order valence-electron chi connectivity index (χ4n) is 6.10. The summed E-state index contributed by atoms with van der Waals surface area (Å²) < 4.78 is 17.8. The highest BCUT2D eigenvalue weighted by Gasteiger charge is 2.45. The normalized spacial score (nSPS) is 28.2. The van der Waals surface area contributed by atoms with E-state index in [9.17, 15) is 28.8 Å². The molecule has 0 radical (unpaired) electrons. The maximum Gasteiger partial charge on any atom is 0.329 e. The van der Waals surface area contributed by atoms with Gasteiger partial charge < -0.3 is 28.9 Å². The molecule has 1 aliphatic rings. The zero-order valence-corrected chi connectivity index (χ0v) is 32.1. The number of cyclic esters (lactones) is 3. The molecule has 48 heavy (non-hydrogen) atoms. The van der Waals surface area contributed by atoms with Crippen molar-refractivity contribution in [1.82, 2.24) is 14.7 Å². The maximum atomic E-state index is 14.1. The minimum atomic E-state index is -1.27. The molecule has 0 aromatic carbocycles. The summed E-state index contributed by atoms with van der Waals surface area (Å²) in [5, 5.41) is 0. The number of rotatable bonds is 9. The number of hydrogen-bond donors (Lipinski definition) is 0. The third-order valence-corrected chi connectivity index (χ3v) is 9.86. The molecular formula is C36H63N3O9. The first kappa shape index (κ1) is 42.8. The van der Waals surface area contributed by atoms with Gasteiger partial charge in [0, 0.05) is 38.9 Å². The average molecular weight is 682 g/mol. The molecule has 0 saturated carbocycles. The molecule has 1 saturated heterocycles. The van der Waals surface area contributed by atoms with Crippen LogP contribution in [-0.2, 0) is 43.0 Å². The molecule has 1 fully saturated rings. The molecule has 0 N–H and O–H groups in total. The third kappa shape index (κ3) is 9.94. The molecule has 1 unspecified atom stereocenters. The molecule has 1 rings (SSSR count). The van der Waals surface area contributed by atoms with Crippen molar-refractivity contribution >= 4 is 35.6 Å². The highest BCUT2D eigenvalue weighted by Crippen LogP contribution is 2.27. The fourth-order valence-corrected chi connectivity index (χ4v) is 6.10. The van der Waals surface area contributed by atoms with Gasteiger partial charge in [0.15, 0.2) is 18.3 Å². The number of likely N-dealkylation sites (N-methyl/N-ethyl adjacent to an activating group) is 3. The van der Waals surface area contributed by atoms with Gasteiger partial charge in [-0.2, -0.15) is 0 Å². The molecule has 0 spiro atoms. The van der Waals surface area contributed by atoms with Gasteiger partial charge in [0.05, 0.1) is 0 Å². The van der Waals surface area contributed by atoms with Gasteiger partial charge in [-0.1, -0.05) is 83.1 Å². The number of amides is 3. The van der Waals surface area contributed by atoms with Crippen molar-refractivity contribution in [2.24, 2.45) is 35.5 Å². The quantitative estimate of drug-likeness (QED) is 0.257. The van der Waals surface area contributed by atoms with Crippen LogP contribution in [0.1, 0.15) is 102 Å². The lowest BCUT2D eigenvalue weighted by atomic mass is 9.95. The number of carbonyl (C=O) groups excluding carboxylic acids is 6. The van der Waals surface area contributed by atoms with Crippen LogP contribution in [-0.4, -0.2) is 108 Å². The Morgan fingerprint density at radius 3 is 0.771 bits per heavy atom. The fraction of sp³-hybridized carbons (Fsp3) is 0.833. The van der Waals surface area contributed by atoms with Gasteiger partial charge >= 0.3 is 17.9 Å². The van der Waals surface area contributed by atoms with Gasteiger partial charge in [0.1, 0.15) is 18.1 Å².